The molecule has 6 nitrogen and oxygen atoms in total. The SMILES string of the molecule is O=C(NC1CCCCCC1)c1nc(C2CCCN2Cc2ccccn2)n2ccccc12. The fourth-order valence-electron chi connectivity index (χ4n) is 5.15. The lowest BCUT2D eigenvalue weighted by Crippen LogP contribution is -2.34. The van der Waals surface area contributed by atoms with Gasteiger partial charge in [-0.2, -0.15) is 0 Å². The highest BCUT2D eigenvalue weighted by molar-refractivity contribution is 5.99. The van der Waals surface area contributed by atoms with Crippen molar-refractivity contribution in [3.05, 3.63) is 66.0 Å². The van der Waals surface area contributed by atoms with Gasteiger partial charge in [-0.15, -0.1) is 0 Å². The summed E-state index contributed by atoms with van der Waals surface area (Å²) in [4.78, 5) is 25.1. The summed E-state index contributed by atoms with van der Waals surface area (Å²) in [5.74, 6) is 0.936. The molecule has 162 valence electrons. The van der Waals surface area contributed by atoms with E-state index in [1.807, 2.05) is 42.7 Å². The van der Waals surface area contributed by atoms with Crippen molar-refractivity contribution in [3.63, 3.8) is 0 Å². The van der Waals surface area contributed by atoms with E-state index in [9.17, 15) is 4.79 Å². The van der Waals surface area contributed by atoms with Crippen LogP contribution in [0.2, 0.25) is 0 Å². The number of amides is 1. The second-order valence-electron chi connectivity index (χ2n) is 8.89. The Hall–Kier alpha value is -2.73. The van der Waals surface area contributed by atoms with Gasteiger partial charge in [0.1, 0.15) is 5.82 Å². The topological polar surface area (TPSA) is 62.5 Å². The highest BCUT2D eigenvalue weighted by Gasteiger charge is 2.31. The monoisotopic (exact) mass is 417 g/mol. The molecule has 1 saturated carbocycles. The number of rotatable bonds is 5. The molecule has 3 aromatic heterocycles. The van der Waals surface area contributed by atoms with Crippen molar-refractivity contribution in [2.24, 2.45) is 0 Å². The molecule has 0 bridgehead atoms. The maximum Gasteiger partial charge on any atom is 0.272 e. The van der Waals surface area contributed by atoms with Crippen molar-refractivity contribution >= 4 is 11.4 Å². The fraction of sp³-hybridized carbons (Fsp3) is 0.480. The largest absolute Gasteiger partial charge is 0.348 e. The summed E-state index contributed by atoms with van der Waals surface area (Å²) in [6, 6.07) is 12.5. The van der Waals surface area contributed by atoms with Gasteiger partial charge in [-0.3, -0.25) is 14.7 Å². The molecule has 31 heavy (non-hydrogen) atoms. The molecule has 1 amide bonds. The number of fused-ring (bicyclic) bond motifs is 1. The number of pyridine rings is 2. The van der Waals surface area contributed by atoms with E-state index in [1.54, 1.807) is 0 Å². The van der Waals surface area contributed by atoms with Gasteiger partial charge in [0.15, 0.2) is 5.69 Å². The summed E-state index contributed by atoms with van der Waals surface area (Å²) in [5.41, 5.74) is 2.53. The second-order valence-corrected chi connectivity index (χ2v) is 8.89. The molecule has 1 N–H and O–H groups in total. The molecule has 1 unspecified atom stereocenters. The summed E-state index contributed by atoms with van der Waals surface area (Å²) >= 11 is 0. The molecule has 3 aromatic rings. The molecular weight excluding hydrogens is 386 g/mol. The van der Waals surface area contributed by atoms with E-state index in [2.05, 4.69) is 25.7 Å². The molecule has 4 heterocycles. The Kier molecular flexibility index (Phi) is 5.98. The first-order valence-electron chi connectivity index (χ1n) is 11.7. The molecule has 0 radical (unpaired) electrons. The first kappa shape index (κ1) is 20.2. The van der Waals surface area contributed by atoms with Gasteiger partial charge in [0.2, 0.25) is 0 Å². The highest BCUT2D eigenvalue weighted by Crippen LogP contribution is 2.33. The van der Waals surface area contributed by atoms with E-state index < -0.39 is 0 Å². The zero-order valence-corrected chi connectivity index (χ0v) is 18.0. The van der Waals surface area contributed by atoms with Crippen LogP contribution in [0, 0.1) is 0 Å². The van der Waals surface area contributed by atoms with E-state index in [1.165, 1.54) is 25.7 Å². The predicted octanol–water partition coefficient (Wildman–Crippen LogP) is 4.52. The van der Waals surface area contributed by atoms with Gasteiger partial charge in [-0.05, 0) is 56.5 Å². The van der Waals surface area contributed by atoms with Crippen LogP contribution in [0.4, 0.5) is 0 Å². The van der Waals surface area contributed by atoms with Crippen LogP contribution in [0.3, 0.4) is 0 Å². The normalized spacial score (nSPS) is 20.7. The highest BCUT2D eigenvalue weighted by atomic mass is 16.2. The lowest BCUT2D eigenvalue weighted by Gasteiger charge is -2.23. The molecule has 0 spiro atoms. The third-order valence-corrected chi connectivity index (χ3v) is 6.73. The smallest absolute Gasteiger partial charge is 0.272 e. The number of imidazole rings is 1. The van der Waals surface area contributed by atoms with Crippen molar-refractivity contribution < 1.29 is 4.79 Å². The average molecular weight is 418 g/mol. The van der Waals surface area contributed by atoms with Crippen LogP contribution >= 0.6 is 0 Å². The minimum Gasteiger partial charge on any atom is -0.348 e. The van der Waals surface area contributed by atoms with Gasteiger partial charge >= 0.3 is 0 Å². The fourth-order valence-corrected chi connectivity index (χ4v) is 5.15. The Balaban J connectivity index is 1.42. The van der Waals surface area contributed by atoms with Crippen LogP contribution in [-0.2, 0) is 6.54 Å². The number of hydrogen-bond acceptors (Lipinski definition) is 4. The molecule has 1 atom stereocenters. The molecule has 2 fully saturated rings. The van der Waals surface area contributed by atoms with Crippen molar-refractivity contribution in [3.8, 4) is 0 Å². The third-order valence-electron chi connectivity index (χ3n) is 6.73. The number of carbonyl (C=O) groups excluding carboxylic acids is 1. The van der Waals surface area contributed by atoms with Crippen molar-refractivity contribution in [2.75, 3.05) is 6.54 Å². The van der Waals surface area contributed by atoms with Crippen LogP contribution in [0.25, 0.3) is 5.52 Å². The molecule has 1 saturated heterocycles. The van der Waals surface area contributed by atoms with Crippen molar-refractivity contribution in [1.29, 1.82) is 0 Å². The maximum absolute atomic E-state index is 13.2. The zero-order chi connectivity index (χ0) is 21.0. The Morgan fingerprint density at radius 3 is 2.65 bits per heavy atom. The first-order chi connectivity index (χ1) is 15.3. The van der Waals surface area contributed by atoms with Gasteiger partial charge in [-0.1, -0.05) is 37.8 Å². The van der Waals surface area contributed by atoms with Gasteiger partial charge in [0.25, 0.3) is 5.91 Å². The van der Waals surface area contributed by atoms with E-state index >= 15 is 0 Å². The zero-order valence-electron chi connectivity index (χ0n) is 18.0. The standard InChI is InChI=1S/C25H31N5O/c31-25(27-19-10-3-1-2-4-11-19)23-21-13-6-8-17-30(21)24(28-23)22-14-9-16-29(22)18-20-12-5-7-15-26-20/h5-8,12-13,15,17,19,22H,1-4,9-11,14,16,18H2,(H,27,31). The average Bonchev–Trinajstić information content (AvgIpc) is 3.31. The molecule has 6 heteroatoms. The number of likely N-dealkylation sites (tertiary alicyclic amines) is 1. The Labute approximate surface area is 183 Å². The van der Waals surface area contributed by atoms with Crippen molar-refractivity contribution in [1.82, 2.24) is 24.6 Å². The minimum atomic E-state index is -0.0314. The Morgan fingerprint density at radius 1 is 1.00 bits per heavy atom. The van der Waals surface area contributed by atoms with Crippen LogP contribution in [-0.4, -0.2) is 37.8 Å². The lowest BCUT2D eigenvalue weighted by atomic mass is 10.1. The summed E-state index contributed by atoms with van der Waals surface area (Å²) < 4.78 is 2.11. The Morgan fingerprint density at radius 2 is 1.84 bits per heavy atom. The predicted molar refractivity (Wildman–Crippen MR) is 121 cm³/mol. The van der Waals surface area contributed by atoms with Crippen LogP contribution in [0.15, 0.2) is 48.8 Å². The molecule has 5 rings (SSSR count). The van der Waals surface area contributed by atoms with E-state index in [0.717, 1.165) is 55.8 Å². The Bertz CT molecular complexity index is 1020. The summed E-state index contributed by atoms with van der Waals surface area (Å²) in [5, 5.41) is 3.28. The summed E-state index contributed by atoms with van der Waals surface area (Å²) in [7, 11) is 0. The minimum absolute atomic E-state index is 0.0314. The maximum atomic E-state index is 13.2. The molecule has 1 aliphatic heterocycles. The second kappa shape index (κ2) is 9.18. The van der Waals surface area contributed by atoms with Gasteiger partial charge in [0, 0.05) is 25.0 Å². The molecule has 2 aliphatic rings. The van der Waals surface area contributed by atoms with Crippen molar-refractivity contribution in [2.45, 2.75) is 70.0 Å². The number of nitrogens with one attached hydrogen (secondary N) is 1. The van der Waals surface area contributed by atoms with E-state index in [-0.39, 0.29) is 18.0 Å². The van der Waals surface area contributed by atoms with E-state index in [0.29, 0.717) is 5.69 Å². The summed E-state index contributed by atoms with van der Waals surface area (Å²) in [6.07, 6.45) is 13.2. The molecule has 1 aliphatic carbocycles. The molecular formula is C25H31N5O. The quantitative estimate of drug-likeness (QED) is 0.620. The van der Waals surface area contributed by atoms with Gasteiger partial charge in [0.05, 0.1) is 17.3 Å². The number of hydrogen-bond donors (Lipinski definition) is 1. The van der Waals surface area contributed by atoms with Gasteiger partial charge < -0.3 is 9.72 Å². The van der Waals surface area contributed by atoms with Crippen LogP contribution in [0.5, 0.6) is 0 Å². The molecule has 0 aromatic carbocycles. The van der Waals surface area contributed by atoms with Gasteiger partial charge in [-0.25, -0.2) is 4.98 Å². The first-order valence-corrected chi connectivity index (χ1v) is 11.7. The third kappa shape index (κ3) is 4.35. The van der Waals surface area contributed by atoms with E-state index in [4.69, 9.17) is 4.98 Å². The number of aromatic nitrogens is 3. The summed E-state index contributed by atoms with van der Waals surface area (Å²) in [6.45, 7) is 1.82. The lowest BCUT2D eigenvalue weighted by molar-refractivity contribution is 0.0930. The van der Waals surface area contributed by atoms with Crippen LogP contribution in [0.1, 0.15) is 79.4 Å². The van der Waals surface area contributed by atoms with Crippen LogP contribution < -0.4 is 5.32 Å². The number of nitrogens with zero attached hydrogens (tertiary/aromatic N) is 4. The number of carbonyl (C=O) groups is 1.